The lowest BCUT2D eigenvalue weighted by atomic mass is 10.2. The van der Waals surface area contributed by atoms with E-state index >= 15 is 0 Å². The van der Waals surface area contributed by atoms with Crippen molar-refractivity contribution in [2.75, 3.05) is 13.2 Å². The highest BCUT2D eigenvalue weighted by molar-refractivity contribution is 5.28. The summed E-state index contributed by atoms with van der Waals surface area (Å²) in [6.07, 6.45) is 0. The van der Waals surface area contributed by atoms with Gasteiger partial charge in [0.1, 0.15) is 12.4 Å². The summed E-state index contributed by atoms with van der Waals surface area (Å²) in [5.41, 5.74) is 1.19. The Morgan fingerprint density at radius 1 is 1.40 bits per heavy atom. The first kappa shape index (κ1) is 12.0. The first-order chi connectivity index (χ1) is 7.22. The molecule has 0 radical (unpaired) electrons. The van der Waals surface area contributed by atoms with Gasteiger partial charge in [-0.1, -0.05) is 26.0 Å². The van der Waals surface area contributed by atoms with Gasteiger partial charge < -0.3 is 15.2 Å². The van der Waals surface area contributed by atoms with Gasteiger partial charge in [0.2, 0.25) is 0 Å². The molecular formula is C12H19NO2. The SMILES string of the molecule is CC(C)NCc1cccc(OCCO)c1. The molecule has 0 aliphatic heterocycles. The van der Waals surface area contributed by atoms with E-state index < -0.39 is 0 Å². The molecule has 0 amide bonds. The highest BCUT2D eigenvalue weighted by Gasteiger charge is 1.98. The smallest absolute Gasteiger partial charge is 0.119 e. The zero-order valence-corrected chi connectivity index (χ0v) is 9.36. The van der Waals surface area contributed by atoms with Crippen LogP contribution in [0.25, 0.3) is 0 Å². The molecule has 0 aliphatic rings. The fourth-order valence-electron chi connectivity index (χ4n) is 1.23. The summed E-state index contributed by atoms with van der Waals surface area (Å²) in [6.45, 7) is 5.47. The van der Waals surface area contributed by atoms with E-state index in [0.717, 1.165) is 12.3 Å². The maximum atomic E-state index is 8.64. The van der Waals surface area contributed by atoms with Crippen LogP contribution in [0.15, 0.2) is 24.3 Å². The Morgan fingerprint density at radius 3 is 2.87 bits per heavy atom. The minimum Gasteiger partial charge on any atom is -0.491 e. The summed E-state index contributed by atoms with van der Waals surface area (Å²) in [6, 6.07) is 8.39. The van der Waals surface area contributed by atoms with Crippen LogP contribution < -0.4 is 10.1 Å². The Hall–Kier alpha value is -1.06. The van der Waals surface area contributed by atoms with Crippen LogP contribution in [0.5, 0.6) is 5.75 Å². The largest absolute Gasteiger partial charge is 0.491 e. The van der Waals surface area contributed by atoms with Gasteiger partial charge in [0.15, 0.2) is 0 Å². The van der Waals surface area contributed by atoms with E-state index in [1.807, 2.05) is 18.2 Å². The van der Waals surface area contributed by atoms with Crippen LogP contribution in [0.1, 0.15) is 19.4 Å². The molecule has 15 heavy (non-hydrogen) atoms. The van der Waals surface area contributed by atoms with Crippen LogP contribution in [-0.4, -0.2) is 24.4 Å². The lowest BCUT2D eigenvalue weighted by molar-refractivity contribution is 0.201. The number of rotatable bonds is 6. The number of ether oxygens (including phenoxy) is 1. The zero-order chi connectivity index (χ0) is 11.1. The summed E-state index contributed by atoms with van der Waals surface area (Å²) in [5, 5.41) is 12.0. The van der Waals surface area contributed by atoms with Crippen molar-refractivity contribution in [3.8, 4) is 5.75 Å². The van der Waals surface area contributed by atoms with E-state index in [2.05, 4.69) is 25.2 Å². The Kier molecular flexibility index (Phi) is 5.15. The van der Waals surface area contributed by atoms with E-state index in [9.17, 15) is 0 Å². The second-order valence-corrected chi connectivity index (χ2v) is 3.76. The van der Waals surface area contributed by atoms with Gasteiger partial charge in [-0.05, 0) is 17.7 Å². The summed E-state index contributed by atoms with van der Waals surface area (Å²) >= 11 is 0. The van der Waals surface area contributed by atoms with Gasteiger partial charge in [0.05, 0.1) is 6.61 Å². The number of aliphatic hydroxyl groups excluding tert-OH is 1. The third-order valence-corrected chi connectivity index (χ3v) is 1.97. The summed E-state index contributed by atoms with van der Waals surface area (Å²) in [7, 11) is 0. The number of hydrogen-bond donors (Lipinski definition) is 2. The summed E-state index contributed by atoms with van der Waals surface area (Å²) in [4.78, 5) is 0. The standard InChI is InChI=1S/C12H19NO2/c1-10(2)13-9-11-4-3-5-12(8-11)15-7-6-14/h3-5,8,10,13-14H,6-7,9H2,1-2H3. The second kappa shape index (κ2) is 6.43. The van der Waals surface area contributed by atoms with E-state index in [1.165, 1.54) is 5.56 Å². The van der Waals surface area contributed by atoms with Crippen molar-refractivity contribution in [2.45, 2.75) is 26.4 Å². The van der Waals surface area contributed by atoms with Crippen LogP contribution in [0, 0.1) is 0 Å². The Morgan fingerprint density at radius 2 is 2.20 bits per heavy atom. The molecule has 0 aromatic heterocycles. The molecule has 0 atom stereocenters. The molecule has 1 rings (SSSR count). The maximum absolute atomic E-state index is 8.64. The molecule has 1 aromatic rings. The van der Waals surface area contributed by atoms with Gasteiger partial charge in [-0.3, -0.25) is 0 Å². The monoisotopic (exact) mass is 209 g/mol. The third-order valence-electron chi connectivity index (χ3n) is 1.97. The van der Waals surface area contributed by atoms with Gasteiger partial charge in [-0.25, -0.2) is 0 Å². The van der Waals surface area contributed by atoms with Crippen molar-refractivity contribution in [3.05, 3.63) is 29.8 Å². The topological polar surface area (TPSA) is 41.5 Å². The fraction of sp³-hybridized carbons (Fsp3) is 0.500. The Bertz CT molecular complexity index is 287. The van der Waals surface area contributed by atoms with E-state index in [1.54, 1.807) is 0 Å². The fourth-order valence-corrected chi connectivity index (χ4v) is 1.23. The molecule has 0 saturated heterocycles. The molecule has 0 spiro atoms. The van der Waals surface area contributed by atoms with Gasteiger partial charge in [-0.15, -0.1) is 0 Å². The second-order valence-electron chi connectivity index (χ2n) is 3.76. The molecule has 3 heteroatoms. The molecule has 0 heterocycles. The average Bonchev–Trinajstić information content (AvgIpc) is 2.24. The molecule has 0 saturated carbocycles. The van der Waals surface area contributed by atoms with Crippen molar-refractivity contribution in [1.29, 1.82) is 0 Å². The molecule has 0 aliphatic carbocycles. The van der Waals surface area contributed by atoms with E-state index in [0.29, 0.717) is 12.6 Å². The Balaban J connectivity index is 2.50. The van der Waals surface area contributed by atoms with Crippen LogP contribution in [0.2, 0.25) is 0 Å². The van der Waals surface area contributed by atoms with Crippen molar-refractivity contribution >= 4 is 0 Å². The molecule has 0 unspecified atom stereocenters. The molecule has 0 fully saturated rings. The van der Waals surface area contributed by atoms with Crippen molar-refractivity contribution < 1.29 is 9.84 Å². The van der Waals surface area contributed by atoms with Gasteiger partial charge in [0.25, 0.3) is 0 Å². The Labute approximate surface area is 91.1 Å². The molecule has 3 nitrogen and oxygen atoms in total. The number of benzene rings is 1. The quantitative estimate of drug-likeness (QED) is 0.747. The van der Waals surface area contributed by atoms with Gasteiger partial charge >= 0.3 is 0 Å². The van der Waals surface area contributed by atoms with Crippen molar-refractivity contribution in [3.63, 3.8) is 0 Å². The third kappa shape index (κ3) is 4.81. The van der Waals surface area contributed by atoms with E-state index in [-0.39, 0.29) is 6.61 Å². The molecule has 84 valence electrons. The van der Waals surface area contributed by atoms with Gasteiger partial charge in [-0.2, -0.15) is 0 Å². The highest BCUT2D eigenvalue weighted by atomic mass is 16.5. The number of aliphatic hydroxyl groups is 1. The highest BCUT2D eigenvalue weighted by Crippen LogP contribution is 2.13. The minimum absolute atomic E-state index is 0.0501. The molecular weight excluding hydrogens is 190 g/mol. The first-order valence-corrected chi connectivity index (χ1v) is 5.28. The van der Waals surface area contributed by atoms with Crippen molar-refractivity contribution in [1.82, 2.24) is 5.32 Å². The minimum atomic E-state index is 0.0501. The summed E-state index contributed by atoms with van der Waals surface area (Å²) < 4.78 is 5.32. The van der Waals surface area contributed by atoms with Crippen LogP contribution in [-0.2, 0) is 6.54 Å². The molecule has 0 bridgehead atoms. The lowest BCUT2D eigenvalue weighted by Crippen LogP contribution is -2.21. The van der Waals surface area contributed by atoms with E-state index in [4.69, 9.17) is 9.84 Å². The average molecular weight is 209 g/mol. The summed E-state index contributed by atoms with van der Waals surface area (Å²) in [5.74, 6) is 0.812. The molecule has 1 aromatic carbocycles. The number of hydrogen-bond acceptors (Lipinski definition) is 3. The van der Waals surface area contributed by atoms with Gasteiger partial charge in [0, 0.05) is 12.6 Å². The predicted molar refractivity (Wildman–Crippen MR) is 61.0 cm³/mol. The normalized spacial score (nSPS) is 10.7. The van der Waals surface area contributed by atoms with Crippen molar-refractivity contribution in [2.24, 2.45) is 0 Å². The molecule has 2 N–H and O–H groups in total. The number of nitrogens with one attached hydrogen (secondary N) is 1. The maximum Gasteiger partial charge on any atom is 0.119 e. The predicted octanol–water partition coefficient (Wildman–Crippen LogP) is 1.56. The van der Waals surface area contributed by atoms with Crippen LogP contribution >= 0.6 is 0 Å². The van der Waals surface area contributed by atoms with Crippen LogP contribution in [0.3, 0.4) is 0 Å². The zero-order valence-electron chi connectivity index (χ0n) is 9.36. The van der Waals surface area contributed by atoms with Crippen LogP contribution in [0.4, 0.5) is 0 Å². The first-order valence-electron chi connectivity index (χ1n) is 5.28. The lowest BCUT2D eigenvalue weighted by Gasteiger charge is -2.09.